The molecule has 0 spiro atoms. The number of nitriles is 2. The Morgan fingerprint density at radius 3 is 1.22 bits per heavy atom. The maximum Gasteiger partial charge on any atom is 0.313 e. The van der Waals surface area contributed by atoms with Gasteiger partial charge in [-0.3, -0.25) is 70.7 Å². The molecule has 19 heterocycles. The molecule has 0 amide bonds. The lowest BCUT2D eigenvalue weighted by Gasteiger charge is -2.31. The Labute approximate surface area is 780 Å². The van der Waals surface area contributed by atoms with Crippen molar-refractivity contribution in [1.29, 1.82) is 10.5 Å². The van der Waals surface area contributed by atoms with Crippen molar-refractivity contribution in [3.63, 3.8) is 0 Å². The first-order valence-corrected chi connectivity index (χ1v) is 52.8. The van der Waals surface area contributed by atoms with Crippen LogP contribution in [0.2, 0.25) is 0 Å². The smallest absolute Gasteiger partial charge is 0.313 e. The van der Waals surface area contributed by atoms with E-state index in [1.165, 1.54) is 0 Å². The number of rotatable bonds is 8. The predicted molar refractivity (Wildman–Crippen MR) is 435 cm³/mol. The minimum atomic E-state index is -3.64. The Morgan fingerprint density at radius 2 is 0.699 bits per heavy atom. The number of carbonyl (C=O) groups is 13. The second kappa shape index (κ2) is 29.3. The zero-order valence-corrected chi connectivity index (χ0v) is 77.2. The van der Waals surface area contributed by atoms with Crippen LogP contribution < -0.4 is 0 Å². The summed E-state index contributed by atoms with van der Waals surface area (Å²) in [6.07, 6.45) is 3.48. The normalized spacial score (nSPS) is 57.6. The van der Waals surface area contributed by atoms with Crippen LogP contribution in [0.4, 0.5) is 0 Å². The molecular weight excluding hydrogens is 1820 g/mol. The molecule has 0 aromatic carbocycles. The van der Waals surface area contributed by atoms with E-state index < -0.39 is 109 Å². The molecule has 14 saturated carbocycles. The van der Waals surface area contributed by atoms with Crippen LogP contribution in [0.25, 0.3) is 0 Å². The molecule has 136 heavy (non-hydrogen) atoms. The van der Waals surface area contributed by atoms with Gasteiger partial charge in [-0.25, -0.2) is 0 Å². The molecule has 40 heteroatoms. The summed E-state index contributed by atoms with van der Waals surface area (Å²) in [6, 6.07) is 4.44. The molecule has 33 rings (SSSR count). The summed E-state index contributed by atoms with van der Waals surface area (Å²) in [6.45, 7) is 16.5. The van der Waals surface area contributed by atoms with E-state index in [0.717, 1.165) is 57.8 Å². The highest BCUT2D eigenvalue weighted by molar-refractivity contribution is 7.88. The van der Waals surface area contributed by atoms with Crippen molar-refractivity contribution in [2.45, 2.75) is 283 Å². The van der Waals surface area contributed by atoms with Gasteiger partial charge in [0.25, 0.3) is 20.2 Å². The number of ether oxygens (including phenoxy) is 17. The summed E-state index contributed by atoms with van der Waals surface area (Å²) in [5, 5.41) is 16.8. The molecule has 33 fully saturated rings. The summed E-state index contributed by atoms with van der Waals surface area (Å²) in [7, 11) is -7.16. The quantitative estimate of drug-likeness (QED) is 0.191. The minimum absolute atomic E-state index is 0.00409. The van der Waals surface area contributed by atoms with Gasteiger partial charge in [0, 0.05) is 64.6 Å². The average molecular weight is 1930 g/mol. The highest BCUT2D eigenvalue weighted by atomic mass is 32.2. The second-order valence-corrected chi connectivity index (χ2v) is 50.5. The first-order valence-electron chi connectivity index (χ1n) is 49.8. The fourth-order valence-electron chi connectivity index (χ4n) is 35.6. The largest absolute Gasteiger partial charge is 0.462 e. The third kappa shape index (κ3) is 11.4. The van der Waals surface area contributed by atoms with Crippen LogP contribution in [0.5, 0.6) is 0 Å². The average Bonchev–Trinajstić information content (AvgIpc) is 1.48. The standard InChI is InChI=1S/C18H20O6.C17H20O7S.C17H18O7.C16H18O8S.C10H11NO2.C9H9NO3.C9H12O3/c1-5-7-4-10-12(18(21)22-13(5)10)11(7)17(20)23-14-6-2-8-9(3-6)16(19)24-15(8)14;1-5-7-4-9-12(17(19)22-13(5)9)11(7)16(18)23-14-6-2-8-10(3-6)25(20,21)24-15(8)14;1-4-5-2-6-10(17(20)22-11(4)6)9(5)16(19)23-13-8-3-7-12(21-8)14(13)24-15(7)18;1-4-5-2-6-10(16(18)22-11(4)6)9(5)15(17)23-12-7-3-8-13(21-7)14(12)24-25(8,19)20;1-4-5-2-6-8(7(5)3-11)10(12)13-9(4)6;1-3-6-4(2-10)5-8(12-6)7(3)13-9(5)11;1-9(2)5-3-4-6(11-5)7(9)12-8(4)10/h5-15H,2-4H2,1H3;5-15H,2-4H2,1H3;4-14H,2-3H2,1H3;4-14H,2-3H2,1H3;4-9H,2H2,1H3;3-8H,1H3;4-7H,3H2,1-2H3. The third-order valence-electron chi connectivity index (χ3n) is 41.7. The van der Waals surface area contributed by atoms with E-state index in [4.69, 9.17) is 99.4 Å². The van der Waals surface area contributed by atoms with Gasteiger partial charge in [-0.15, -0.1) is 0 Å². The van der Waals surface area contributed by atoms with Crippen molar-refractivity contribution in [1.82, 2.24) is 0 Å². The molecule has 38 nitrogen and oxygen atoms in total. The number of hydrogen-bond donors (Lipinski definition) is 0. The van der Waals surface area contributed by atoms with Gasteiger partial charge in [-0.2, -0.15) is 27.4 Å². The first kappa shape index (κ1) is 86.8. The minimum Gasteiger partial charge on any atom is -0.462 e. The number of hydrogen-bond acceptors (Lipinski definition) is 38. The molecule has 22 bridgehead atoms. The van der Waals surface area contributed by atoms with Crippen molar-refractivity contribution >= 4 is 97.8 Å². The first-order chi connectivity index (χ1) is 64.9. The van der Waals surface area contributed by atoms with Crippen LogP contribution in [0.15, 0.2) is 0 Å². The maximum absolute atomic E-state index is 12.9. The van der Waals surface area contributed by atoms with E-state index in [1.807, 2.05) is 20.8 Å². The molecule has 0 aromatic heterocycles. The molecule has 33 aliphatic rings. The Morgan fingerprint density at radius 1 is 0.301 bits per heavy atom. The lowest BCUT2D eigenvalue weighted by atomic mass is 9.73. The molecule has 0 aromatic rings. The highest BCUT2D eigenvalue weighted by Gasteiger charge is 2.78. The van der Waals surface area contributed by atoms with Crippen LogP contribution in [0, 0.1) is 235 Å². The van der Waals surface area contributed by atoms with Crippen LogP contribution in [0.3, 0.4) is 0 Å². The molecule has 60 unspecified atom stereocenters. The van der Waals surface area contributed by atoms with Gasteiger partial charge in [0.15, 0.2) is 18.3 Å². The zero-order valence-electron chi connectivity index (χ0n) is 75.5. The summed E-state index contributed by atoms with van der Waals surface area (Å²) >= 11 is 0. The van der Waals surface area contributed by atoms with E-state index in [-0.39, 0.29) is 334 Å². The number of carbonyl (C=O) groups excluding carboxylic acids is 13. The fraction of sp³-hybridized carbons (Fsp3) is 0.844. The van der Waals surface area contributed by atoms with Gasteiger partial charge in [-0.05, 0) is 136 Å². The molecule has 19 saturated heterocycles. The predicted octanol–water partition coefficient (Wildman–Crippen LogP) is 2.83. The SMILES string of the molecule is CC1(C)C2CC3C(=O)OC1C3O2.CC1C2CC3C1OC(=O)C3C2C#N.CC1C2CC3C1OC(=O)C3C2C(=O)OC1C2CC3C(=O)OC1C3C2.CC1C2CC3C1OC(=O)C3C2C(=O)OC1C2CC3C(=O)OC1C3O2.CC1C2CC3C1OC(=O)C3C2C(=O)OC1C2CC3C(O2)C1OS3(=O)=O.CC1C2CC3C1OC(=O)C3C2C(=O)OC1C2CC3C1OS(=O)(=O)C3C2.CC1C2OC3C1OC(=O)C3C2C#N. The van der Waals surface area contributed by atoms with E-state index in [9.17, 15) is 79.2 Å². The third-order valence-corrected chi connectivity index (χ3v) is 45.1. The lowest BCUT2D eigenvalue weighted by molar-refractivity contribution is -0.170. The molecule has 60 atom stereocenters. The van der Waals surface area contributed by atoms with Crippen LogP contribution in [0.1, 0.15) is 132 Å². The Hall–Kier alpha value is -8.25. The Kier molecular flexibility index (Phi) is 18.7. The van der Waals surface area contributed by atoms with Crippen molar-refractivity contribution < 1.29 is 168 Å². The van der Waals surface area contributed by atoms with Gasteiger partial charge in [-0.1, -0.05) is 55.4 Å². The molecule has 14 aliphatic carbocycles. The highest BCUT2D eigenvalue weighted by Crippen LogP contribution is 2.69. The molecular formula is C96H108N2O36S2. The molecule has 0 N–H and O–H groups in total. The summed E-state index contributed by atoms with van der Waals surface area (Å²) in [4.78, 5) is 158. The van der Waals surface area contributed by atoms with E-state index in [1.54, 1.807) is 0 Å². The summed E-state index contributed by atoms with van der Waals surface area (Å²) in [5.74, 6) is -3.66. The molecule has 0 radical (unpaired) electrons. The van der Waals surface area contributed by atoms with Gasteiger partial charge >= 0.3 is 77.6 Å². The van der Waals surface area contributed by atoms with Gasteiger partial charge in [0.2, 0.25) is 0 Å². The lowest BCUT2D eigenvalue weighted by Crippen LogP contribution is -2.45. The van der Waals surface area contributed by atoms with Gasteiger partial charge < -0.3 is 80.5 Å². The number of nitrogens with zero attached hydrogens (tertiary/aromatic N) is 2. The fourth-order valence-corrected chi connectivity index (χ4v) is 39.1. The van der Waals surface area contributed by atoms with Crippen molar-refractivity contribution in [3.8, 4) is 12.1 Å². The molecule has 19 aliphatic heterocycles. The molecule has 730 valence electrons. The Balaban J connectivity index is 0.0000000819. The van der Waals surface area contributed by atoms with Gasteiger partial charge in [0.1, 0.15) is 109 Å². The topological polar surface area (TPSA) is 513 Å². The summed E-state index contributed by atoms with van der Waals surface area (Å²) in [5.41, 5.74) is 0.0350. The zero-order chi connectivity index (χ0) is 94.0. The van der Waals surface area contributed by atoms with Crippen molar-refractivity contribution in [3.05, 3.63) is 0 Å². The Bertz CT molecular complexity index is 5360. The van der Waals surface area contributed by atoms with E-state index in [0.29, 0.717) is 37.0 Å². The van der Waals surface area contributed by atoms with Gasteiger partial charge in [0.05, 0.1) is 125 Å². The second-order valence-electron chi connectivity index (χ2n) is 47.0. The monoisotopic (exact) mass is 1930 g/mol. The summed E-state index contributed by atoms with van der Waals surface area (Å²) < 4.78 is 153. The van der Waals surface area contributed by atoms with Crippen molar-refractivity contribution in [2.24, 2.45) is 213 Å². The van der Waals surface area contributed by atoms with E-state index >= 15 is 0 Å². The van der Waals surface area contributed by atoms with Crippen LogP contribution >= 0.6 is 0 Å². The maximum atomic E-state index is 12.9. The van der Waals surface area contributed by atoms with Crippen molar-refractivity contribution in [2.75, 3.05) is 0 Å². The number of fused-ring (bicyclic) bond motifs is 11. The van der Waals surface area contributed by atoms with E-state index in [2.05, 4.69) is 46.8 Å². The number of esters is 13. The van der Waals surface area contributed by atoms with Crippen LogP contribution in [-0.2, 0) is 171 Å². The van der Waals surface area contributed by atoms with Crippen LogP contribution in [-0.4, -0.2) is 245 Å².